The standard InChI is InChI=1S/C21H25N3O3S/c1-14-10-17(28(26,27)23(3)4)12-19(15(14)2)22-21(25)11-16-13-24(5)20-9-7-6-8-18(16)20/h6-10,12-13H,11H2,1-5H3,(H,22,25). The quantitative estimate of drug-likeness (QED) is 0.716. The molecule has 1 amide bonds. The first kappa shape index (κ1) is 20.1. The van der Waals surface area contributed by atoms with Gasteiger partial charge in [0.2, 0.25) is 15.9 Å². The topological polar surface area (TPSA) is 71.4 Å². The fourth-order valence-electron chi connectivity index (χ4n) is 3.25. The minimum atomic E-state index is -3.58. The molecule has 1 heterocycles. The smallest absolute Gasteiger partial charge is 0.242 e. The van der Waals surface area contributed by atoms with Crippen molar-refractivity contribution in [2.24, 2.45) is 7.05 Å². The highest BCUT2D eigenvalue weighted by atomic mass is 32.2. The highest BCUT2D eigenvalue weighted by molar-refractivity contribution is 7.89. The highest BCUT2D eigenvalue weighted by Crippen LogP contribution is 2.26. The molecular weight excluding hydrogens is 374 g/mol. The van der Waals surface area contributed by atoms with Crippen LogP contribution in [0.5, 0.6) is 0 Å². The number of para-hydroxylation sites is 1. The molecule has 6 nitrogen and oxygen atoms in total. The molecular formula is C21H25N3O3S. The van der Waals surface area contributed by atoms with E-state index in [-0.39, 0.29) is 17.2 Å². The lowest BCUT2D eigenvalue weighted by atomic mass is 10.1. The molecule has 0 saturated heterocycles. The van der Waals surface area contributed by atoms with E-state index in [1.807, 2.05) is 55.9 Å². The third-order valence-corrected chi connectivity index (χ3v) is 6.82. The normalized spacial score (nSPS) is 11.9. The van der Waals surface area contributed by atoms with Crippen molar-refractivity contribution in [3.63, 3.8) is 0 Å². The Bertz CT molecular complexity index is 1160. The summed E-state index contributed by atoms with van der Waals surface area (Å²) in [5.74, 6) is -0.182. The number of anilines is 1. The molecule has 1 aromatic heterocycles. The van der Waals surface area contributed by atoms with Gasteiger partial charge in [-0.1, -0.05) is 18.2 Å². The lowest BCUT2D eigenvalue weighted by Gasteiger charge is -2.16. The molecule has 0 bridgehead atoms. The van der Waals surface area contributed by atoms with Gasteiger partial charge in [-0.2, -0.15) is 0 Å². The first-order valence-corrected chi connectivity index (χ1v) is 10.4. The Labute approximate surface area is 165 Å². The second-order valence-electron chi connectivity index (χ2n) is 7.21. The summed E-state index contributed by atoms with van der Waals surface area (Å²) < 4.78 is 28.1. The van der Waals surface area contributed by atoms with Crippen LogP contribution in [0.3, 0.4) is 0 Å². The van der Waals surface area contributed by atoms with Crippen molar-refractivity contribution < 1.29 is 13.2 Å². The number of amides is 1. The van der Waals surface area contributed by atoms with Crippen LogP contribution in [0.25, 0.3) is 10.9 Å². The van der Waals surface area contributed by atoms with E-state index in [0.717, 1.165) is 27.6 Å². The number of carbonyl (C=O) groups excluding carboxylic acids is 1. The maximum atomic E-state index is 12.7. The van der Waals surface area contributed by atoms with Crippen LogP contribution in [0.4, 0.5) is 5.69 Å². The summed E-state index contributed by atoms with van der Waals surface area (Å²) in [7, 11) is 1.35. The summed E-state index contributed by atoms with van der Waals surface area (Å²) in [6, 6.07) is 11.1. The number of sulfonamides is 1. The van der Waals surface area contributed by atoms with Crippen LogP contribution in [0.15, 0.2) is 47.5 Å². The molecule has 3 rings (SSSR count). The average molecular weight is 400 g/mol. The molecule has 28 heavy (non-hydrogen) atoms. The van der Waals surface area contributed by atoms with Gasteiger partial charge >= 0.3 is 0 Å². The van der Waals surface area contributed by atoms with Gasteiger partial charge in [-0.3, -0.25) is 4.79 Å². The van der Waals surface area contributed by atoms with Crippen molar-refractivity contribution in [2.45, 2.75) is 25.2 Å². The number of nitrogens with one attached hydrogen (secondary N) is 1. The van der Waals surface area contributed by atoms with Crippen LogP contribution in [0.1, 0.15) is 16.7 Å². The Balaban J connectivity index is 1.91. The van der Waals surface area contributed by atoms with Gasteiger partial charge in [0.15, 0.2) is 0 Å². The lowest BCUT2D eigenvalue weighted by molar-refractivity contribution is -0.115. The number of fused-ring (bicyclic) bond motifs is 1. The number of carbonyl (C=O) groups is 1. The van der Waals surface area contributed by atoms with Gasteiger partial charge in [-0.25, -0.2) is 12.7 Å². The zero-order valence-corrected chi connectivity index (χ0v) is 17.6. The molecule has 7 heteroatoms. The van der Waals surface area contributed by atoms with E-state index in [9.17, 15) is 13.2 Å². The molecule has 0 atom stereocenters. The van der Waals surface area contributed by atoms with E-state index in [1.54, 1.807) is 6.07 Å². The molecule has 0 saturated carbocycles. The summed E-state index contributed by atoms with van der Waals surface area (Å²) in [6.45, 7) is 3.71. The van der Waals surface area contributed by atoms with E-state index in [2.05, 4.69) is 5.32 Å². The van der Waals surface area contributed by atoms with Crippen molar-refractivity contribution in [3.05, 3.63) is 59.3 Å². The Kier molecular flexibility index (Phi) is 5.32. The summed E-state index contributed by atoms with van der Waals surface area (Å²) >= 11 is 0. The molecule has 0 radical (unpaired) electrons. The van der Waals surface area contributed by atoms with Gasteiger partial charge in [0.25, 0.3) is 0 Å². The third-order valence-electron chi connectivity index (χ3n) is 5.02. The van der Waals surface area contributed by atoms with Gasteiger partial charge in [0.05, 0.1) is 11.3 Å². The molecule has 3 aromatic rings. The van der Waals surface area contributed by atoms with Crippen LogP contribution in [-0.4, -0.2) is 37.3 Å². The Hall–Kier alpha value is -2.64. The van der Waals surface area contributed by atoms with Gasteiger partial charge in [-0.05, 0) is 48.7 Å². The Morgan fingerprint density at radius 1 is 1.14 bits per heavy atom. The van der Waals surface area contributed by atoms with Crippen LogP contribution < -0.4 is 5.32 Å². The van der Waals surface area contributed by atoms with Gasteiger partial charge in [0.1, 0.15) is 0 Å². The minimum Gasteiger partial charge on any atom is -0.350 e. The van der Waals surface area contributed by atoms with E-state index < -0.39 is 10.0 Å². The van der Waals surface area contributed by atoms with E-state index in [0.29, 0.717) is 5.69 Å². The average Bonchev–Trinajstić information content (AvgIpc) is 2.94. The molecule has 0 aliphatic carbocycles. The second kappa shape index (κ2) is 7.41. The van der Waals surface area contributed by atoms with Crippen molar-refractivity contribution in [1.29, 1.82) is 0 Å². The monoisotopic (exact) mass is 399 g/mol. The summed E-state index contributed by atoms with van der Waals surface area (Å²) in [5, 5.41) is 3.93. The number of aromatic nitrogens is 1. The number of benzene rings is 2. The molecule has 1 N–H and O–H groups in total. The number of hydrogen-bond donors (Lipinski definition) is 1. The molecule has 0 aliphatic rings. The zero-order valence-electron chi connectivity index (χ0n) is 16.8. The van der Waals surface area contributed by atoms with Crippen molar-refractivity contribution >= 4 is 32.5 Å². The fourth-order valence-corrected chi connectivity index (χ4v) is 4.26. The maximum Gasteiger partial charge on any atom is 0.242 e. The molecule has 0 unspecified atom stereocenters. The molecule has 0 aliphatic heterocycles. The Morgan fingerprint density at radius 2 is 1.82 bits per heavy atom. The number of aryl methyl sites for hydroxylation is 2. The van der Waals surface area contributed by atoms with Crippen molar-refractivity contribution in [1.82, 2.24) is 8.87 Å². The Morgan fingerprint density at radius 3 is 2.50 bits per heavy atom. The molecule has 0 spiro atoms. The third kappa shape index (κ3) is 3.68. The van der Waals surface area contributed by atoms with E-state index in [1.165, 1.54) is 24.5 Å². The predicted molar refractivity (Wildman–Crippen MR) is 112 cm³/mol. The second-order valence-corrected chi connectivity index (χ2v) is 9.36. The van der Waals surface area contributed by atoms with Crippen LogP contribution in [0, 0.1) is 13.8 Å². The number of hydrogen-bond acceptors (Lipinski definition) is 3. The predicted octanol–water partition coefficient (Wildman–Crippen LogP) is 3.23. The van der Waals surface area contributed by atoms with E-state index in [4.69, 9.17) is 0 Å². The first-order valence-electron chi connectivity index (χ1n) is 8.98. The van der Waals surface area contributed by atoms with Gasteiger partial charge < -0.3 is 9.88 Å². The fraction of sp³-hybridized carbons (Fsp3) is 0.286. The van der Waals surface area contributed by atoms with Crippen LogP contribution >= 0.6 is 0 Å². The maximum absolute atomic E-state index is 12.7. The van der Waals surface area contributed by atoms with Crippen LogP contribution in [-0.2, 0) is 28.3 Å². The summed E-state index contributed by atoms with van der Waals surface area (Å²) in [6.07, 6.45) is 2.17. The highest BCUT2D eigenvalue weighted by Gasteiger charge is 2.20. The SMILES string of the molecule is Cc1cc(S(=O)(=O)N(C)C)cc(NC(=O)Cc2cn(C)c3ccccc23)c1C. The van der Waals surface area contributed by atoms with Crippen molar-refractivity contribution in [3.8, 4) is 0 Å². The summed E-state index contributed by atoms with van der Waals surface area (Å²) in [5.41, 5.74) is 4.18. The van der Waals surface area contributed by atoms with E-state index >= 15 is 0 Å². The lowest BCUT2D eigenvalue weighted by Crippen LogP contribution is -2.23. The van der Waals surface area contributed by atoms with Crippen molar-refractivity contribution in [2.75, 3.05) is 19.4 Å². The zero-order chi connectivity index (χ0) is 20.6. The van der Waals surface area contributed by atoms with Gasteiger partial charge in [0, 0.05) is 43.9 Å². The molecule has 2 aromatic carbocycles. The number of rotatable bonds is 5. The largest absolute Gasteiger partial charge is 0.350 e. The summed E-state index contributed by atoms with van der Waals surface area (Å²) in [4.78, 5) is 12.9. The van der Waals surface area contributed by atoms with Gasteiger partial charge in [-0.15, -0.1) is 0 Å². The first-order chi connectivity index (χ1) is 13.1. The molecule has 148 valence electrons. The van der Waals surface area contributed by atoms with Crippen LogP contribution in [0.2, 0.25) is 0 Å². The number of nitrogens with zero attached hydrogens (tertiary/aromatic N) is 2. The minimum absolute atomic E-state index is 0.168. The molecule has 0 fully saturated rings.